The fraction of sp³-hybridized carbons (Fsp3) is 0.0769. The Bertz CT molecular complexity index is 693. The van der Waals surface area contributed by atoms with Crippen LogP contribution in [0.3, 0.4) is 0 Å². The van der Waals surface area contributed by atoms with Gasteiger partial charge in [-0.2, -0.15) is 8.42 Å². The lowest BCUT2D eigenvalue weighted by Gasteiger charge is -2.10. The van der Waals surface area contributed by atoms with E-state index in [4.69, 9.17) is 11.6 Å². The molecule has 0 aromatic heterocycles. The molecule has 2 rings (SSSR count). The molecule has 2 aromatic carbocycles. The summed E-state index contributed by atoms with van der Waals surface area (Å²) in [5.41, 5.74) is 2.04. The van der Waals surface area contributed by atoms with Gasteiger partial charge in [-0.1, -0.05) is 35.9 Å². The monoisotopic (exact) mass is 282 g/mol. The second-order valence-corrected chi connectivity index (χ2v) is 5.76. The molecule has 0 atom stereocenters. The van der Waals surface area contributed by atoms with Crippen LogP contribution >= 0.6 is 11.6 Å². The van der Waals surface area contributed by atoms with E-state index >= 15 is 0 Å². The molecule has 94 valence electrons. The SMILES string of the molecule is Cc1cc(Cl)ccc1-c1ccccc1S(=O)(=O)O. The lowest BCUT2D eigenvalue weighted by atomic mass is 10.0. The summed E-state index contributed by atoms with van der Waals surface area (Å²) in [6.45, 7) is 1.84. The van der Waals surface area contributed by atoms with Crippen molar-refractivity contribution >= 4 is 21.7 Å². The first-order valence-electron chi connectivity index (χ1n) is 5.22. The normalized spacial score (nSPS) is 11.5. The molecule has 0 bridgehead atoms. The summed E-state index contributed by atoms with van der Waals surface area (Å²) in [5.74, 6) is 0. The van der Waals surface area contributed by atoms with Crippen molar-refractivity contribution < 1.29 is 13.0 Å². The molecular formula is C13H11ClO3S. The summed E-state index contributed by atoms with van der Waals surface area (Å²) < 4.78 is 31.9. The van der Waals surface area contributed by atoms with Gasteiger partial charge in [-0.15, -0.1) is 0 Å². The summed E-state index contributed by atoms with van der Waals surface area (Å²) in [6.07, 6.45) is 0. The van der Waals surface area contributed by atoms with Crippen molar-refractivity contribution in [3.8, 4) is 11.1 Å². The van der Waals surface area contributed by atoms with Crippen molar-refractivity contribution in [2.24, 2.45) is 0 Å². The van der Waals surface area contributed by atoms with Crippen LogP contribution in [-0.2, 0) is 10.1 Å². The number of hydrogen-bond acceptors (Lipinski definition) is 2. The lowest BCUT2D eigenvalue weighted by molar-refractivity contribution is 0.483. The third kappa shape index (κ3) is 2.56. The van der Waals surface area contributed by atoms with Crippen molar-refractivity contribution in [2.45, 2.75) is 11.8 Å². The maximum atomic E-state index is 11.3. The first-order chi connectivity index (χ1) is 8.39. The van der Waals surface area contributed by atoms with Crippen molar-refractivity contribution in [1.29, 1.82) is 0 Å². The molecular weight excluding hydrogens is 272 g/mol. The zero-order chi connectivity index (χ0) is 13.3. The molecule has 3 nitrogen and oxygen atoms in total. The van der Waals surface area contributed by atoms with E-state index in [1.54, 1.807) is 36.4 Å². The molecule has 0 unspecified atom stereocenters. The fourth-order valence-corrected chi connectivity index (χ4v) is 2.78. The first-order valence-corrected chi connectivity index (χ1v) is 7.04. The van der Waals surface area contributed by atoms with E-state index in [1.165, 1.54) is 6.07 Å². The van der Waals surface area contributed by atoms with Gasteiger partial charge in [-0.25, -0.2) is 0 Å². The van der Waals surface area contributed by atoms with Crippen molar-refractivity contribution in [1.82, 2.24) is 0 Å². The highest BCUT2D eigenvalue weighted by Crippen LogP contribution is 2.30. The van der Waals surface area contributed by atoms with Gasteiger partial charge in [0.15, 0.2) is 0 Å². The quantitative estimate of drug-likeness (QED) is 0.857. The minimum atomic E-state index is -4.24. The molecule has 0 saturated carbocycles. The van der Waals surface area contributed by atoms with Gasteiger partial charge in [0.1, 0.15) is 4.90 Å². The summed E-state index contributed by atoms with van der Waals surface area (Å²) in [7, 11) is -4.24. The number of hydrogen-bond donors (Lipinski definition) is 1. The Labute approximate surface area is 111 Å². The predicted octanol–water partition coefficient (Wildman–Crippen LogP) is 3.56. The molecule has 0 heterocycles. The maximum Gasteiger partial charge on any atom is 0.295 e. The standard InChI is InChI=1S/C13H11ClO3S/c1-9-8-10(14)6-7-11(9)12-4-2-3-5-13(12)18(15,16)17/h2-8H,1H3,(H,15,16,17). The molecule has 5 heteroatoms. The summed E-state index contributed by atoms with van der Waals surface area (Å²) >= 11 is 5.87. The third-order valence-electron chi connectivity index (χ3n) is 2.64. The fourth-order valence-electron chi connectivity index (χ4n) is 1.84. The van der Waals surface area contributed by atoms with Crippen LogP contribution in [0, 0.1) is 6.92 Å². The van der Waals surface area contributed by atoms with E-state index in [0.29, 0.717) is 10.6 Å². The zero-order valence-electron chi connectivity index (χ0n) is 9.59. The van der Waals surface area contributed by atoms with E-state index in [2.05, 4.69) is 0 Å². The lowest BCUT2D eigenvalue weighted by Crippen LogP contribution is -2.01. The Morgan fingerprint density at radius 2 is 1.72 bits per heavy atom. The number of rotatable bonds is 2. The van der Waals surface area contributed by atoms with E-state index < -0.39 is 10.1 Å². The van der Waals surface area contributed by atoms with Gasteiger partial charge in [0.25, 0.3) is 10.1 Å². The highest BCUT2D eigenvalue weighted by atomic mass is 35.5. The smallest absolute Gasteiger partial charge is 0.282 e. The topological polar surface area (TPSA) is 54.4 Å². The second kappa shape index (κ2) is 4.72. The van der Waals surface area contributed by atoms with E-state index in [1.807, 2.05) is 6.92 Å². The van der Waals surface area contributed by atoms with Crippen molar-refractivity contribution in [3.63, 3.8) is 0 Å². The highest BCUT2D eigenvalue weighted by molar-refractivity contribution is 7.86. The number of halogens is 1. The first kappa shape index (κ1) is 13.1. The highest BCUT2D eigenvalue weighted by Gasteiger charge is 2.16. The Kier molecular flexibility index (Phi) is 3.43. The van der Waals surface area contributed by atoms with Gasteiger partial charge in [0, 0.05) is 10.6 Å². The molecule has 0 aliphatic carbocycles. The molecule has 18 heavy (non-hydrogen) atoms. The molecule has 0 spiro atoms. The average molecular weight is 283 g/mol. The van der Waals surface area contributed by atoms with Crippen LogP contribution in [0.15, 0.2) is 47.4 Å². The van der Waals surface area contributed by atoms with Crippen LogP contribution in [0.2, 0.25) is 5.02 Å². The zero-order valence-corrected chi connectivity index (χ0v) is 11.2. The Morgan fingerprint density at radius 1 is 1.06 bits per heavy atom. The van der Waals surface area contributed by atoms with Gasteiger partial charge >= 0.3 is 0 Å². The van der Waals surface area contributed by atoms with Crippen LogP contribution in [0.1, 0.15) is 5.56 Å². The molecule has 2 aromatic rings. The minimum absolute atomic E-state index is 0.101. The van der Waals surface area contributed by atoms with E-state index in [9.17, 15) is 13.0 Å². The van der Waals surface area contributed by atoms with Crippen molar-refractivity contribution in [2.75, 3.05) is 0 Å². The largest absolute Gasteiger partial charge is 0.295 e. The molecule has 0 radical (unpaired) electrons. The van der Waals surface area contributed by atoms with Gasteiger partial charge in [-0.3, -0.25) is 4.55 Å². The molecule has 0 aliphatic heterocycles. The van der Waals surface area contributed by atoms with E-state index in [-0.39, 0.29) is 4.90 Å². The van der Waals surface area contributed by atoms with Crippen LogP contribution in [0.25, 0.3) is 11.1 Å². The third-order valence-corrected chi connectivity index (χ3v) is 3.79. The molecule has 0 amide bonds. The summed E-state index contributed by atoms with van der Waals surface area (Å²) in [6, 6.07) is 11.5. The Balaban J connectivity index is 2.72. The van der Waals surface area contributed by atoms with Crippen LogP contribution in [-0.4, -0.2) is 13.0 Å². The summed E-state index contributed by atoms with van der Waals surface area (Å²) in [5, 5.41) is 0.584. The summed E-state index contributed by atoms with van der Waals surface area (Å²) in [4.78, 5) is -0.101. The van der Waals surface area contributed by atoms with Crippen LogP contribution in [0.4, 0.5) is 0 Å². The van der Waals surface area contributed by atoms with E-state index in [0.717, 1.165) is 11.1 Å². The molecule has 0 saturated heterocycles. The molecule has 0 fully saturated rings. The van der Waals surface area contributed by atoms with Gasteiger partial charge in [0.2, 0.25) is 0 Å². The van der Waals surface area contributed by atoms with Gasteiger partial charge in [0.05, 0.1) is 0 Å². The average Bonchev–Trinajstić information content (AvgIpc) is 2.28. The number of benzene rings is 2. The van der Waals surface area contributed by atoms with Gasteiger partial charge < -0.3 is 0 Å². The minimum Gasteiger partial charge on any atom is -0.282 e. The maximum absolute atomic E-state index is 11.3. The van der Waals surface area contributed by atoms with Crippen LogP contribution < -0.4 is 0 Å². The Morgan fingerprint density at radius 3 is 2.33 bits per heavy atom. The van der Waals surface area contributed by atoms with Gasteiger partial charge in [-0.05, 0) is 36.2 Å². The predicted molar refractivity (Wildman–Crippen MR) is 71.4 cm³/mol. The van der Waals surface area contributed by atoms with Crippen molar-refractivity contribution in [3.05, 3.63) is 53.1 Å². The molecule has 0 aliphatic rings. The molecule has 1 N–H and O–H groups in total. The van der Waals surface area contributed by atoms with Crippen LogP contribution in [0.5, 0.6) is 0 Å². The second-order valence-electron chi connectivity index (χ2n) is 3.93. The number of aryl methyl sites for hydroxylation is 1. The Hall–Kier alpha value is -1.36.